The Bertz CT molecular complexity index is 356. The van der Waals surface area contributed by atoms with Crippen molar-refractivity contribution in [3.63, 3.8) is 0 Å². The number of rotatable bonds is 8. The van der Waals surface area contributed by atoms with Gasteiger partial charge in [-0.1, -0.05) is 30.7 Å². The maximum atomic E-state index is 5.93. The first-order valence-electron chi connectivity index (χ1n) is 6.77. The molecule has 3 nitrogen and oxygen atoms in total. The minimum Gasteiger partial charge on any atom is -0.383 e. The third kappa shape index (κ3) is 5.11. The smallest absolute Gasteiger partial charge is 0.0630 e. The lowest BCUT2D eigenvalue weighted by atomic mass is 10.1. The molecule has 1 aromatic rings. The molecule has 0 aromatic heterocycles. The zero-order valence-electron chi connectivity index (χ0n) is 12.3. The first kappa shape index (κ1) is 16.4. The van der Waals surface area contributed by atoms with E-state index in [0.29, 0.717) is 12.1 Å². The van der Waals surface area contributed by atoms with E-state index < -0.39 is 0 Å². The Balaban J connectivity index is 2.71. The minimum absolute atomic E-state index is 0.330. The Morgan fingerprint density at radius 2 is 1.95 bits per heavy atom. The summed E-state index contributed by atoms with van der Waals surface area (Å²) in [5, 5.41) is 4.16. The average Bonchev–Trinajstić information content (AvgIpc) is 2.42. The fourth-order valence-electron chi connectivity index (χ4n) is 2.12. The highest BCUT2D eigenvalue weighted by Gasteiger charge is 2.20. The molecular formula is C15H25ClN2O. The molecule has 0 spiro atoms. The summed E-state index contributed by atoms with van der Waals surface area (Å²) < 4.78 is 5.32. The van der Waals surface area contributed by atoms with Gasteiger partial charge < -0.3 is 10.1 Å². The van der Waals surface area contributed by atoms with E-state index in [1.165, 1.54) is 5.56 Å². The summed E-state index contributed by atoms with van der Waals surface area (Å²) in [6, 6.07) is 8.74. The van der Waals surface area contributed by atoms with Gasteiger partial charge in [-0.3, -0.25) is 4.90 Å². The predicted octanol–water partition coefficient (Wildman–Crippen LogP) is 2.96. The number of likely N-dealkylation sites (N-methyl/N-ethyl adjacent to an activating group) is 2. The molecule has 0 bridgehead atoms. The molecule has 19 heavy (non-hydrogen) atoms. The van der Waals surface area contributed by atoms with E-state index in [9.17, 15) is 0 Å². The van der Waals surface area contributed by atoms with Crippen LogP contribution in [-0.4, -0.2) is 44.8 Å². The number of nitrogens with zero attached hydrogens (tertiary/aromatic N) is 1. The van der Waals surface area contributed by atoms with E-state index in [1.807, 2.05) is 12.1 Å². The lowest BCUT2D eigenvalue weighted by Gasteiger charge is -2.33. The fourth-order valence-corrected chi connectivity index (χ4v) is 2.24. The maximum Gasteiger partial charge on any atom is 0.0630 e. The van der Waals surface area contributed by atoms with E-state index >= 15 is 0 Å². The summed E-state index contributed by atoms with van der Waals surface area (Å²) in [6.45, 7) is 6.95. The van der Waals surface area contributed by atoms with Gasteiger partial charge in [-0.25, -0.2) is 0 Å². The summed E-state index contributed by atoms with van der Waals surface area (Å²) >= 11 is 5.93. The highest BCUT2D eigenvalue weighted by Crippen LogP contribution is 2.22. The summed E-state index contributed by atoms with van der Waals surface area (Å²) in [7, 11) is 3.89. The largest absolute Gasteiger partial charge is 0.383 e. The summed E-state index contributed by atoms with van der Waals surface area (Å²) in [4.78, 5) is 2.34. The van der Waals surface area contributed by atoms with Crippen LogP contribution in [0.2, 0.25) is 5.02 Å². The fraction of sp³-hybridized carbons (Fsp3) is 0.600. The van der Waals surface area contributed by atoms with Gasteiger partial charge >= 0.3 is 0 Å². The van der Waals surface area contributed by atoms with Crippen LogP contribution in [0.4, 0.5) is 0 Å². The third-order valence-corrected chi connectivity index (χ3v) is 3.78. The molecule has 0 saturated heterocycles. The first-order valence-corrected chi connectivity index (χ1v) is 7.15. The van der Waals surface area contributed by atoms with E-state index in [4.69, 9.17) is 16.3 Å². The van der Waals surface area contributed by atoms with Crippen molar-refractivity contribution in [1.82, 2.24) is 10.2 Å². The topological polar surface area (TPSA) is 24.5 Å². The zero-order valence-corrected chi connectivity index (χ0v) is 13.1. The molecule has 0 aliphatic carbocycles. The van der Waals surface area contributed by atoms with Crippen LogP contribution in [0.25, 0.3) is 0 Å². The Kier molecular flexibility index (Phi) is 7.39. The molecule has 1 rings (SSSR count). The van der Waals surface area contributed by atoms with Crippen molar-refractivity contribution in [3.05, 3.63) is 34.9 Å². The Morgan fingerprint density at radius 3 is 2.47 bits per heavy atom. The molecular weight excluding hydrogens is 260 g/mol. The van der Waals surface area contributed by atoms with Gasteiger partial charge in [0.2, 0.25) is 0 Å². The van der Waals surface area contributed by atoms with Crippen molar-refractivity contribution in [1.29, 1.82) is 0 Å². The van der Waals surface area contributed by atoms with Gasteiger partial charge in [-0.05, 0) is 38.2 Å². The number of halogens is 1. The van der Waals surface area contributed by atoms with Crippen LogP contribution in [0.15, 0.2) is 24.3 Å². The second-order valence-electron chi connectivity index (χ2n) is 4.81. The first-order chi connectivity index (χ1) is 9.10. The number of methoxy groups -OCH3 is 1. The van der Waals surface area contributed by atoms with E-state index in [1.54, 1.807) is 7.11 Å². The van der Waals surface area contributed by atoms with Crippen LogP contribution < -0.4 is 5.32 Å². The highest BCUT2D eigenvalue weighted by atomic mass is 35.5. The van der Waals surface area contributed by atoms with E-state index in [0.717, 1.165) is 24.7 Å². The predicted molar refractivity (Wildman–Crippen MR) is 81.8 cm³/mol. The van der Waals surface area contributed by atoms with Crippen molar-refractivity contribution in [2.24, 2.45) is 0 Å². The SMILES string of the molecule is CCNCC(COC)N(C)C(C)c1ccc(Cl)cc1. The third-order valence-electron chi connectivity index (χ3n) is 3.53. The second-order valence-corrected chi connectivity index (χ2v) is 5.25. The van der Waals surface area contributed by atoms with Crippen molar-refractivity contribution in [3.8, 4) is 0 Å². The van der Waals surface area contributed by atoms with Crippen molar-refractivity contribution in [2.75, 3.05) is 33.9 Å². The Hall–Kier alpha value is -0.610. The lowest BCUT2D eigenvalue weighted by Crippen LogP contribution is -2.44. The Morgan fingerprint density at radius 1 is 1.32 bits per heavy atom. The van der Waals surface area contributed by atoms with Gasteiger partial charge in [0.15, 0.2) is 0 Å². The molecule has 0 amide bonds. The van der Waals surface area contributed by atoms with Gasteiger partial charge in [0.05, 0.1) is 6.61 Å². The molecule has 4 heteroatoms. The minimum atomic E-state index is 0.330. The molecule has 2 unspecified atom stereocenters. The monoisotopic (exact) mass is 284 g/mol. The van der Waals surface area contributed by atoms with Gasteiger partial charge in [0.25, 0.3) is 0 Å². The molecule has 0 aliphatic heterocycles. The average molecular weight is 285 g/mol. The van der Waals surface area contributed by atoms with Crippen LogP contribution in [0.1, 0.15) is 25.5 Å². The molecule has 0 radical (unpaired) electrons. The number of nitrogens with one attached hydrogen (secondary N) is 1. The zero-order chi connectivity index (χ0) is 14.3. The van der Waals surface area contributed by atoms with Crippen molar-refractivity contribution < 1.29 is 4.74 Å². The second kappa shape index (κ2) is 8.54. The van der Waals surface area contributed by atoms with E-state index in [2.05, 4.69) is 43.2 Å². The van der Waals surface area contributed by atoms with Crippen LogP contribution in [0.5, 0.6) is 0 Å². The van der Waals surface area contributed by atoms with Crippen LogP contribution in [-0.2, 0) is 4.74 Å². The quantitative estimate of drug-likeness (QED) is 0.794. The summed E-state index contributed by atoms with van der Waals surface area (Å²) in [5.41, 5.74) is 1.27. The normalized spacial score (nSPS) is 14.6. The van der Waals surface area contributed by atoms with E-state index in [-0.39, 0.29) is 0 Å². The summed E-state index contributed by atoms with van der Waals surface area (Å²) in [6.07, 6.45) is 0. The number of hydrogen-bond donors (Lipinski definition) is 1. The molecule has 1 N–H and O–H groups in total. The molecule has 2 atom stereocenters. The van der Waals surface area contributed by atoms with Crippen LogP contribution in [0.3, 0.4) is 0 Å². The standard InChI is InChI=1S/C15H25ClN2O/c1-5-17-10-15(11-19-4)18(3)12(2)13-6-8-14(16)9-7-13/h6-9,12,15,17H,5,10-11H2,1-4H3. The van der Waals surface area contributed by atoms with Crippen LogP contribution >= 0.6 is 11.6 Å². The van der Waals surface area contributed by atoms with Gasteiger partial charge in [0, 0.05) is 30.8 Å². The van der Waals surface area contributed by atoms with Gasteiger partial charge in [-0.15, -0.1) is 0 Å². The molecule has 0 fully saturated rings. The lowest BCUT2D eigenvalue weighted by molar-refractivity contribution is 0.0840. The summed E-state index contributed by atoms with van der Waals surface area (Å²) in [5.74, 6) is 0. The maximum absolute atomic E-state index is 5.93. The number of ether oxygens (including phenoxy) is 1. The van der Waals surface area contributed by atoms with Crippen LogP contribution in [0, 0.1) is 0 Å². The van der Waals surface area contributed by atoms with Crippen molar-refractivity contribution in [2.45, 2.75) is 25.9 Å². The van der Waals surface area contributed by atoms with Gasteiger partial charge in [0.1, 0.15) is 0 Å². The molecule has 0 heterocycles. The molecule has 0 aliphatic rings. The molecule has 0 saturated carbocycles. The number of benzene rings is 1. The molecule has 1 aromatic carbocycles. The number of hydrogen-bond acceptors (Lipinski definition) is 3. The molecule has 108 valence electrons. The van der Waals surface area contributed by atoms with Crippen molar-refractivity contribution >= 4 is 11.6 Å². The highest BCUT2D eigenvalue weighted by molar-refractivity contribution is 6.30. The Labute approximate surface area is 121 Å². The van der Waals surface area contributed by atoms with Gasteiger partial charge in [-0.2, -0.15) is 0 Å².